The summed E-state index contributed by atoms with van der Waals surface area (Å²) < 4.78 is 13.6. The number of alkyl halides is 1. The molecule has 2 atom stereocenters. The van der Waals surface area contributed by atoms with Crippen LogP contribution in [0.5, 0.6) is 0 Å². The van der Waals surface area contributed by atoms with Gasteiger partial charge in [-0.05, 0) is 17.9 Å². The van der Waals surface area contributed by atoms with E-state index in [1.807, 2.05) is 0 Å². The summed E-state index contributed by atoms with van der Waals surface area (Å²) in [5, 5.41) is 3.71. The Kier molecular flexibility index (Phi) is 3.67. The summed E-state index contributed by atoms with van der Waals surface area (Å²) in [5.74, 6) is -0.332. The largest absolute Gasteiger partial charge is 0.309 e. The fourth-order valence-corrected chi connectivity index (χ4v) is 2.66. The Bertz CT molecular complexity index is 420. The lowest BCUT2D eigenvalue weighted by Crippen LogP contribution is -2.57. The summed E-state index contributed by atoms with van der Waals surface area (Å²) >= 11 is 11.9. The number of hydrogen-bond acceptors (Lipinski definition) is 1. The second-order valence-corrected chi connectivity index (χ2v) is 6.11. The van der Waals surface area contributed by atoms with Crippen molar-refractivity contribution in [3.8, 4) is 0 Å². The third-order valence-corrected chi connectivity index (χ3v) is 4.75. The van der Waals surface area contributed by atoms with Crippen LogP contribution in [0.15, 0.2) is 18.2 Å². The van der Waals surface area contributed by atoms with Gasteiger partial charge >= 0.3 is 0 Å². The molecule has 1 saturated carbocycles. The lowest BCUT2D eigenvalue weighted by atomic mass is 9.67. The van der Waals surface area contributed by atoms with Crippen LogP contribution in [0, 0.1) is 11.2 Å². The van der Waals surface area contributed by atoms with Gasteiger partial charge in [-0.1, -0.05) is 37.6 Å². The van der Waals surface area contributed by atoms with Crippen molar-refractivity contribution in [1.29, 1.82) is 0 Å². The standard InChI is InChI=1S/C13H16Cl2FN/c1-13(2)10(15)6-11(13)17-7-8-4-3-5-9(14)12(8)16/h3-5,10-11,17H,6-7H2,1-2H3. The van der Waals surface area contributed by atoms with Crippen LogP contribution in [0.25, 0.3) is 0 Å². The Morgan fingerprint density at radius 1 is 1.47 bits per heavy atom. The van der Waals surface area contributed by atoms with Gasteiger partial charge in [-0.15, -0.1) is 11.6 Å². The van der Waals surface area contributed by atoms with E-state index in [-0.39, 0.29) is 21.6 Å². The molecular weight excluding hydrogens is 260 g/mol. The normalized spacial score (nSPS) is 26.6. The van der Waals surface area contributed by atoms with Crippen molar-refractivity contribution in [2.75, 3.05) is 0 Å². The Hall–Kier alpha value is -0.310. The molecule has 2 rings (SSSR count). The van der Waals surface area contributed by atoms with Gasteiger partial charge in [0.2, 0.25) is 0 Å². The first-order valence-electron chi connectivity index (χ1n) is 5.73. The summed E-state index contributed by atoms with van der Waals surface area (Å²) in [4.78, 5) is 0. The quantitative estimate of drug-likeness (QED) is 0.823. The van der Waals surface area contributed by atoms with Crippen LogP contribution >= 0.6 is 23.2 Å². The number of halogens is 3. The van der Waals surface area contributed by atoms with E-state index in [4.69, 9.17) is 23.2 Å². The Labute approximate surface area is 111 Å². The van der Waals surface area contributed by atoms with Crippen LogP contribution in [0.2, 0.25) is 5.02 Å². The molecule has 1 N–H and O–H groups in total. The fraction of sp³-hybridized carbons (Fsp3) is 0.538. The van der Waals surface area contributed by atoms with Gasteiger partial charge in [-0.3, -0.25) is 0 Å². The maximum Gasteiger partial charge on any atom is 0.146 e. The van der Waals surface area contributed by atoms with Crippen molar-refractivity contribution < 1.29 is 4.39 Å². The van der Waals surface area contributed by atoms with Crippen molar-refractivity contribution in [2.45, 2.75) is 38.2 Å². The zero-order chi connectivity index (χ0) is 12.6. The zero-order valence-corrected chi connectivity index (χ0v) is 11.4. The lowest BCUT2D eigenvalue weighted by molar-refractivity contribution is 0.115. The summed E-state index contributed by atoms with van der Waals surface area (Å²) in [6.07, 6.45) is 0.927. The third-order valence-electron chi connectivity index (χ3n) is 3.72. The molecule has 4 heteroatoms. The molecule has 0 heterocycles. The van der Waals surface area contributed by atoms with E-state index in [1.165, 1.54) is 0 Å². The van der Waals surface area contributed by atoms with Gasteiger partial charge in [0, 0.05) is 23.5 Å². The minimum absolute atomic E-state index is 0.0661. The topological polar surface area (TPSA) is 12.0 Å². The second kappa shape index (κ2) is 4.75. The lowest BCUT2D eigenvalue weighted by Gasteiger charge is -2.49. The van der Waals surface area contributed by atoms with E-state index in [2.05, 4.69) is 19.2 Å². The average molecular weight is 276 g/mol. The molecule has 1 aromatic rings. The highest BCUT2D eigenvalue weighted by Crippen LogP contribution is 2.44. The highest BCUT2D eigenvalue weighted by Gasteiger charge is 2.46. The van der Waals surface area contributed by atoms with Crippen molar-refractivity contribution in [3.63, 3.8) is 0 Å². The highest BCUT2D eigenvalue weighted by atomic mass is 35.5. The number of benzene rings is 1. The van der Waals surface area contributed by atoms with Crippen molar-refractivity contribution in [3.05, 3.63) is 34.6 Å². The van der Waals surface area contributed by atoms with E-state index >= 15 is 0 Å². The van der Waals surface area contributed by atoms with Crippen LogP contribution in [-0.4, -0.2) is 11.4 Å². The van der Waals surface area contributed by atoms with E-state index in [9.17, 15) is 4.39 Å². The summed E-state index contributed by atoms with van der Waals surface area (Å²) in [6, 6.07) is 5.41. The van der Waals surface area contributed by atoms with Crippen molar-refractivity contribution in [1.82, 2.24) is 5.32 Å². The van der Waals surface area contributed by atoms with Crippen LogP contribution in [0.3, 0.4) is 0 Å². The molecule has 1 nitrogen and oxygen atoms in total. The molecule has 94 valence electrons. The molecule has 0 aromatic heterocycles. The molecule has 1 aliphatic rings. The molecule has 0 aliphatic heterocycles. The molecule has 0 radical (unpaired) electrons. The minimum Gasteiger partial charge on any atom is -0.309 e. The van der Waals surface area contributed by atoms with Gasteiger partial charge in [-0.2, -0.15) is 0 Å². The summed E-state index contributed by atoms with van der Waals surface area (Å²) in [7, 11) is 0. The molecule has 0 amide bonds. The van der Waals surface area contributed by atoms with Gasteiger partial charge in [0.25, 0.3) is 0 Å². The predicted molar refractivity (Wildman–Crippen MR) is 70.1 cm³/mol. The third kappa shape index (κ3) is 2.44. The van der Waals surface area contributed by atoms with Gasteiger partial charge in [0.05, 0.1) is 5.02 Å². The summed E-state index contributed by atoms with van der Waals surface area (Å²) in [6.45, 7) is 4.74. The molecule has 0 bridgehead atoms. The van der Waals surface area contributed by atoms with E-state index in [0.717, 1.165) is 6.42 Å². The van der Waals surface area contributed by atoms with Gasteiger partial charge in [0.1, 0.15) is 5.82 Å². The Morgan fingerprint density at radius 2 is 2.18 bits per heavy atom. The zero-order valence-electron chi connectivity index (χ0n) is 9.93. The SMILES string of the molecule is CC1(C)C(Cl)CC1NCc1cccc(Cl)c1F. The van der Waals surface area contributed by atoms with Crippen molar-refractivity contribution >= 4 is 23.2 Å². The average Bonchev–Trinajstić information content (AvgIpc) is 2.29. The fourth-order valence-electron chi connectivity index (χ4n) is 2.14. The van der Waals surface area contributed by atoms with Crippen LogP contribution in [-0.2, 0) is 6.54 Å². The predicted octanol–water partition coefficient (Wildman–Crippen LogP) is 3.97. The monoisotopic (exact) mass is 275 g/mol. The van der Waals surface area contributed by atoms with Gasteiger partial charge in [-0.25, -0.2) is 4.39 Å². The first-order chi connectivity index (χ1) is 7.93. The molecule has 1 aromatic carbocycles. The maximum absolute atomic E-state index is 13.6. The first-order valence-corrected chi connectivity index (χ1v) is 6.54. The maximum atomic E-state index is 13.6. The van der Waals surface area contributed by atoms with Gasteiger partial charge in [0.15, 0.2) is 0 Å². The van der Waals surface area contributed by atoms with Crippen LogP contribution in [0.1, 0.15) is 25.8 Å². The molecular formula is C13H16Cl2FN. The molecule has 1 fully saturated rings. The van der Waals surface area contributed by atoms with E-state index in [1.54, 1.807) is 18.2 Å². The van der Waals surface area contributed by atoms with Crippen LogP contribution < -0.4 is 5.32 Å². The van der Waals surface area contributed by atoms with Crippen LogP contribution in [0.4, 0.5) is 4.39 Å². The Balaban J connectivity index is 1.97. The minimum atomic E-state index is -0.332. The highest BCUT2D eigenvalue weighted by molar-refractivity contribution is 6.30. The van der Waals surface area contributed by atoms with E-state index in [0.29, 0.717) is 18.2 Å². The number of nitrogens with one attached hydrogen (secondary N) is 1. The molecule has 1 aliphatic carbocycles. The van der Waals surface area contributed by atoms with Gasteiger partial charge < -0.3 is 5.32 Å². The van der Waals surface area contributed by atoms with E-state index < -0.39 is 0 Å². The Morgan fingerprint density at radius 3 is 2.76 bits per heavy atom. The summed E-state index contributed by atoms with van der Waals surface area (Å²) in [5.41, 5.74) is 0.669. The molecule has 0 saturated heterocycles. The number of hydrogen-bond donors (Lipinski definition) is 1. The smallest absolute Gasteiger partial charge is 0.146 e. The second-order valence-electron chi connectivity index (χ2n) is 5.17. The molecule has 0 spiro atoms. The number of rotatable bonds is 3. The molecule has 17 heavy (non-hydrogen) atoms. The van der Waals surface area contributed by atoms with Crippen molar-refractivity contribution in [2.24, 2.45) is 5.41 Å². The molecule has 2 unspecified atom stereocenters. The first kappa shape index (κ1) is 13.1.